The quantitative estimate of drug-likeness (QED) is 0.649. The molecule has 114 valence electrons. The van der Waals surface area contributed by atoms with Crippen LogP contribution in [0.2, 0.25) is 0 Å². The smallest absolute Gasteiger partial charge is 0.123 e. The molecule has 0 saturated carbocycles. The van der Waals surface area contributed by atoms with Crippen molar-refractivity contribution >= 4 is 0 Å². The van der Waals surface area contributed by atoms with Crippen molar-refractivity contribution < 1.29 is 4.74 Å². The van der Waals surface area contributed by atoms with Crippen molar-refractivity contribution in [1.29, 1.82) is 0 Å². The minimum absolute atomic E-state index is 0.141. The second-order valence-electron chi connectivity index (χ2n) is 6.81. The molecule has 0 N–H and O–H groups in total. The Hall–Kier alpha value is -1.02. The predicted molar refractivity (Wildman–Crippen MR) is 87.7 cm³/mol. The third-order valence-electron chi connectivity index (χ3n) is 3.45. The molecule has 0 amide bonds. The molecule has 0 unspecified atom stereocenters. The second kappa shape index (κ2) is 8.31. The van der Waals surface area contributed by atoms with Gasteiger partial charge < -0.3 is 9.64 Å². The number of ether oxygens (including phenoxy) is 1. The van der Waals surface area contributed by atoms with Gasteiger partial charge in [0.2, 0.25) is 0 Å². The zero-order valence-corrected chi connectivity index (χ0v) is 13.9. The molecule has 0 aromatic heterocycles. The third-order valence-corrected chi connectivity index (χ3v) is 3.45. The highest BCUT2D eigenvalue weighted by Gasteiger charge is 2.17. The third kappa shape index (κ3) is 6.42. The average molecular weight is 277 g/mol. The standard InChI is InChI=1S/C18H31NO/c1-18(2,3)16-12-8-9-13-17(16)20-15-11-7-6-10-14-19(4)5/h8-9,12-13H,6-7,10-11,14-15H2,1-5H3. The van der Waals surface area contributed by atoms with E-state index in [1.165, 1.54) is 31.4 Å². The molecule has 1 rings (SSSR count). The molecule has 20 heavy (non-hydrogen) atoms. The monoisotopic (exact) mass is 277 g/mol. The molecular formula is C18H31NO. The summed E-state index contributed by atoms with van der Waals surface area (Å²) < 4.78 is 5.98. The first-order valence-corrected chi connectivity index (χ1v) is 7.78. The van der Waals surface area contributed by atoms with Gasteiger partial charge in [0, 0.05) is 0 Å². The number of nitrogens with zero attached hydrogens (tertiary/aromatic N) is 1. The lowest BCUT2D eigenvalue weighted by Crippen LogP contribution is -2.14. The molecule has 0 atom stereocenters. The van der Waals surface area contributed by atoms with Gasteiger partial charge in [-0.3, -0.25) is 0 Å². The van der Waals surface area contributed by atoms with E-state index < -0.39 is 0 Å². The number of unbranched alkanes of at least 4 members (excludes halogenated alkanes) is 3. The molecule has 0 spiro atoms. The molecular weight excluding hydrogens is 246 g/mol. The summed E-state index contributed by atoms with van der Waals surface area (Å²) in [5.41, 5.74) is 1.44. The molecule has 0 aliphatic heterocycles. The normalized spacial score (nSPS) is 11.9. The van der Waals surface area contributed by atoms with Crippen LogP contribution in [0, 0.1) is 0 Å². The fourth-order valence-electron chi connectivity index (χ4n) is 2.28. The SMILES string of the molecule is CN(C)CCCCCCOc1ccccc1C(C)(C)C. The van der Waals surface area contributed by atoms with Crippen LogP contribution < -0.4 is 4.74 Å². The van der Waals surface area contributed by atoms with Crippen LogP contribution in [0.15, 0.2) is 24.3 Å². The summed E-state index contributed by atoms with van der Waals surface area (Å²) in [6.45, 7) is 8.71. The predicted octanol–water partition coefficient (Wildman–Crippen LogP) is 4.48. The van der Waals surface area contributed by atoms with Crippen LogP contribution >= 0.6 is 0 Å². The molecule has 1 aromatic rings. The molecule has 0 aliphatic rings. The van der Waals surface area contributed by atoms with Crippen molar-refractivity contribution in [3.8, 4) is 5.75 Å². The number of benzene rings is 1. The van der Waals surface area contributed by atoms with Gasteiger partial charge in [0.15, 0.2) is 0 Å². The van der Waals surface area contributed by atoms with Crippen LogP contribution in [0.4, 0.5) is 0 Å². The zero-order chi connectivity index (χ0) is 15.0. The van der Waals surface area contributed by atoms with Gasteiger partial charge >= 0.3 is 0 Å². The molecule has 1 aromatic carbocycles. The van der Waals surface area contributed by atoms with E-state index in [1.807, 2.05) is 0 Å². The molecule has 2 nitrogen and oxygen atoms in total. The van der Waals surface area contributed by atoms with Gasteiger partial charge in [-0.15, -0.1) is 0 Å². The summed E-state index contributed by atoms with van der Waals surface area (Å²) in [4.78, 5) is 2.25. The maximum atomic E-state index is 5.98. The fraction of sp³-hybridized carbons (Fsp3) is 0.667. The highest BCUT2D eigenvalue weighted by Crippen LogP contribution is 2.30. The lowest BCUT2D eigenvalue weighted by molar-refractivity contribution is 0.294. The van der Waals surface area contributed by atoms with Crippen molar-refractivity contribution in [2.45, 2.75) is 51.9 Å². The molecule has 0 fully saturated rings. The Labute approximate surface area is 125 Å². The number of para-hydroxylation sites is 1. The van der Waals surface area contributed by atoms with E-state index in [-0.39, 0.29) is 5.41 Å². The maximum Gasteiger partial charge on any atom is 0.123 e. The van der Waals surface area contributed by atoms with E-state index in [0.717, 1.165) is 18.8 Å². The van der Waals surface area contributed by atoms with Crippen molar-refractivity contribution in [2.24, 2.45) is 0 Å². The van der Waals surface area contributed by atoms with Gasteiger partial charge in [0.05, 0.1) is 6.61 Å². The highest BCUT2D eigenvalue weighted by atomic mass is 16.5. The van der Waals surface area contributed by atoms with Crippen LogP contribution in [-0.4, -0.2) is 32.1 Å². The molecule has 0 radical (unpaired) electrons. The topological polar surface area (TPSA) is 12.5 Å². The Morgan fingerprint density at radius 2 is 1.60 bits per heavy atom. The number of hydrogen-bond donors (Lipinski definition) is 0. The summed E-state index contributed by atoms with van der Waals surface area (Å²) in [7, 11) is 4.26. The number of rotatable bonds is 8. The van der Waals surface area contributed by atoms with E-state index in [1.54, 1.807) is 0 Å². The largest absolute Gasteiger partial charge is 0.493 e. The van der Waals surface area contributed by atoms with Crippen molar-refractivity contribution in [3.05, 3.63) is 29.8 Å². The first-order chi connectivity index (χ1) is 9.41. The zero-order valence-electron chi connectivity index (χ0n) is 13.9. The summed E-state index contributed by atoms with van der Waals surface area (Å²) in [6, 6.07) is 8.41. The Morgan fingerprint density at radius 1 is 0.950 bits per heavy atom. The van der Waals surface area contributed by atoms with Gasteiger partial charge in [0.25, 0.3) is 0 Å². The minimum atomic E-state index is 0.141. The molecule has 0 bridgehead atoms. The van der Waals surface area contributed by atoms with Gasteiger partial charge in [0.1, 0.15) is 5.75 Å². The first kappa shape index (κ1) is 17.0. The molecule has 2 heteroatoms. The van der Waals surface area contributed by atoms with Gasteiger partial charge in [-0.05, 0) is 50.5 Å². The lowest BCUT2D eigenvalue weighted by Gasteiger charge is -2.22. The van der Waals surface area contributed by atoms with Crippen LogP contribution in [0.5, 0.6) is 5.75 Å². The lowest BCUT2D eigenvalue weighted by atomic mass is 9.86. The second-order valence-corrected chi connectivity index (χ2v) is 6.81. The Balaban J connectivity index is 2.29. The van der Waals surface area contributed by atoms with E-state index >= 15 is 0 Å². The van der Waals surface area contributed by atoms with E-state index in [4.69, 9.17) is 4.74 Å². The summed E-state index contributed by atoms with van der Waals surface area (Å²) in [5.74, 6) is 1.05. The van der Waals surface area contributed by atoms with Crippen LogP contribution in [0.1, 0.15) is 52.0 Å². The highest BCUT2D eigenvalue weighted by molar-refractivity contribution is 5.38. The van der Waals surface area contributed by atoms with E-state index in [9.17, 15) is 0 Å². The van der Waals surface area contributed by atoms with Gasteiger partial charge in [-0.2, -0.15) is 0 Å². The van der Waals surface area contributed by atoms with Crippen LogP contribution in [0.3, 0.4) is 0 Å². The first-order valence-electron chi connectivity index (χ1n) is 7.78. The van der Waals surface area contributed by atoms with E-state index in [0.29, 0.717) is 0 Å². The van der Waals surface area contributed by atoms with Crippen molar-refractivity contribution in [3.63, 3.8) is 0 Å². The molecule has 0 saturated heterocycles. The van der Waals surface area contributed by atoms with Gasteiger partial charge in [-0.25, -0.2) is 0 Å². The minimum Gasteiger partial charge on any atom is -0.493 e. The maximum absolute atomic E-state index is 5.98. The molecule has 0 aliphatic carbocycles. The number of hydrogen-bond acceptors (Lipinski definition) is 2. The summed E-state index contributed by atoms with van der Waals surface area (Å²) in [5, 5.41) is 0. The fourth-order valence-corrected chi connectivity index (χ4v) is 2.28. The summed E-state index contributed by atoms with van der Waals surface area (Å²) in [6.07, 6.45) is 4.98. The van der Waals surface area contributed by atoms with Crippen LogP contribution in [0.25, 0.3) is 0 Å². The van der Waals surface area contributed by atoms with Gasteiger partial charge in [-0.1, -0.05) is 51.8 Å². The molecule has 0 heterocycles. The van der Waals surface area contributed by atoms with E-state index in [2.05, 4.69) is 64.0 Å². The Bertz CT molecular complexity index is 379. The van der Waals surface area contributed by atoms with Crippen LogP contribution in [-0.2, 0) is 5.41 Å². The summed E-state index contributed by atoms with van der Waals surface area (Å²) >= 11 is 0. The van der Waals surface area contributed by atoms with Crippen molar-refractivity contribution in [2.75, 3.05) is 27.2 Å². The Morgan fingerprint density at radius 3 is 2.25 bits per heavy atom. The Kier molecular flexibility index (Phi) is 7.08. The van der Waals surface area contributed by atoms with Crippen molar-refractivity contribution in [1.82, 2.24) is 4.90 Å². The average Bonchev–Trinajstić information content (AvgIpc) is 2.36.